The van der Waals surface area contributed by atoms with Crippen molar-refractivity contribution in [1.29, 1.82) is 0 Å². The molecule has 1 rings (SSSR count). The van der Waals surface area contributed by atoms with E-state index in [1.165, 1.54) is 44.9 Å². The molecule has 4 heteroatoms. The number of unbranched alkanes of at least 4 members (excludes halogenated alkanes) is 7. The maximum Gasteiger partial charge on any atom is 0.220 e. The zero-order valence-corrected chi connectivity index (χ0v) is 12.3. The first-order valence-corrected chi connectivity index (χ1v) is 8.03. The van der Waals surface area contributed by atoms with Crippen molar-refractivity contribution in [2.75, 3.05) is 5.75 Å². The van der Waals surface area contributed by atoms with Gasteiger partial charge in [0.1, 0.15) is 0 Å². The van der Waals surface area contributed by atoms with Gasteiger partial charge in [-0.15, -0.1) is 0 Å². The Labute approximate surface area is 117 Å². The van der Waals surface area contributed by atoms with Gasteiger partial charge in [-0.1, -0.05) is 38.5 Å². The van der Waals surface area contributed by atoms with E-state index >= 15 is 0 Å². The van der Waals surface area contributed by atoms with E-state index in [0.29, 0.717) is 6.42 Å². The van der Waals surface area contributed by atoms with Gasteiger partial charge in [-0.05, 0) is 25.0 Å². The van der Waals surface area contributed by atoms with Crippen molar-refractivity contribution in [2.24, 2.45) is 5.73 Å². The van der Waals surface area contributed by atoms with Crippen molar-refractivity contribution in [3.05, 3.63) is 0 Å². The molecule has 1 unspecified atom stereocenters. The summed E-state index contributed by atoms with van der Waals surface area (Å²) in [6.45, 7) is 0. The number of nitrogens with one attached hydrogen (secondary N) is 1. The van der Waals surface area contributed by atoms with Crippen LogP contribution in [0.1, 0.15) is 64.2 Å². The fourth-order valence-electron chi connectivity index (χ4n) is 2.12. The van der Waals surface area contributed by atoms with Crippen LogP contribution in [0.15, 0.2) is 0 Å². The third-order valence-electron chi connectivity index (χ3n) is 3.50. The van der Waals surface area contributed by atoms with Crippen molar-refractivity contribution < 1.29 is 4.79 Å². The SMILES string of the molecule is N[C@@H]1CC1NC(=O)CCCCCCCCCCS. The van der Waals surface area contributed by atoms with Crippen LogP contribution in [-0.2, 0) is 4.79 Å². The zero-order valence-electron chi connectivity index (χ0n) is 11.4. The van der Waals surface area contributed by atoms with Crippen LogP contribution in [0, 0.1) is 0 Å². The Kier molecular flexibility index (Phi) is 8.51. The molecule has 1 saturated carbocycles. The van der Waals surface area contributed by atoms with Crippen LogP contribution in [0.4, 0.5) is 0 Å². The fraction of sp³-hybridized carbons (Fsp3) is 0.929. The molecule has 0 aromatic carbocycles. The number of hydrogen-bond donors (Lipinski definition) is 3. The number of amides is 1. The molecule has 0 bridgehead atoms. The molecule has 0 aromatic heterocycles. The number of thiol groups is 1. The molecule has 3 nitrogen and oxygen atoms in total. The molecule has 3 N–H and O–H groups in total. The van der Waals surface area contributed by atoms with E-state index in [2.05, 4.69) is 17.9 Å². The number of carbonyl (C=O) groups is 1. The second kappa shape index (κ2) is 9.68. The first-order valence-electron chi connectivity index (χ1n) is 7.40. The quantitative estimate of drug-likeness (QED) is 0.400. The molecule has 0 aromatic rings. The Bertz CT molecular complexity index is 236. The second-order valence-corrected chi connectivity index (χ2v) is 5.82. The van der Waals surface area contributed by atoms with Gasteiger partial charge in [-0.3, -0.25) is 4.79 Å². The maximum absolute atomic E-state index is 11.5. The number of nitrogens with two attached hydrogens (primary N) is 1. The molecule has 1 aliphatic carbocycles. The Morgan fingerprint density at radius 1 is 1.06 bits per heavy atom. The van der Waals surface area contributed by atoms with E-state index < -0.39 is 0 Å². The normalized spacial score (nSPS) is 21.9. The van der Waals surface area contributed by atoms with Crippen molar-refractivity contribution in [3.8, 4) is 0 Å². The molecule has 1 amide bonds. The Morgan fingerprint density at radius 3 is 2.06 bits per heavy atom. The lowest BCUT2D eigenvalue weighted by Crippen LogP contribution is -2.29. The molecule has 106 valence electrons. The largest absolute Gasteiger partial charge is 0.352 e. The smallest absolute Gasteiger partial charge is 0.220 e. The van der Waals surface area contributed by atoms with E-state index in [0.717, 1.165) is 18.6 Å². The minimum Gasteiger partial charge on any atom is -0.352 e. The average molecular weight is 272 g/mol. The number of rotatable bonds is 11. The molecular weight excluding hydrogens is 244 g/mol. The lowest BCUT2D eigenvalue weighted by atomic mass is 10.1. The molecule has 1 fully saturated rings. The summed E-state index contributed by atoms with van der Waals surface area (Å²) in [6, 6.07) is 0.482. The molecule has 0 heterocycles. The Balaban J connectivity index is 1.76. The van der Waals surface area contributed by atoms with E-state index in [-0.39, 0.29) is 18.0 Å². The fourth-order valence-corrected chi connectivity index (χ4v) is 2.34. The summed E-state index contributed by atoms with van der Waals surface area (Å²) in [7, 11) is 0. The Morgan fingerprint density at radius 2 is 1.56 bits per heavy atom. The molecule has 0 spiro atoms. The summed E-state index contributed by atoms with van der Waals surface area (Å²) in [5, 5.41) is 2.96. The highest BCUT2D eigenvalue weighted by Gasteiger charge is 2.34. The average Bonchev–Trinajstić information content (AvgIpc) is 3.02. The van der Waals surface area contributed by atoms with Crippen LogP contribution >= 0.6 is 12.6 Å². The number of hydrogen-bond acceptors (Lipinski definition) is 3. The van der Waals surface area contributed by atoms with Crippen LogP contribution in [0.25, 0.3) is 0 Å². The van der Waals surface area contributed by atoms with E-state index in [1.807, 2.05) is 0 Å². The second-order valence-electron chi connectivity index (χ2n) is 5.38. The lowest BCUT2D eigenvalue weighted by molar-refractivity contribution is -0.121. The number of carbonyl (C=O) groups excluding carboxylic acids is 1. The van der Waals surface area contributed by atoms with Crippen molar-refractivity contribution in [2.45, 2.75) is 76.3 Å². The van der Waals surface area contributed by atoms with Crippen LogP contribution in [0.2, 0.25) is 0 Å². The first kappa shape index (κ1) is 15.8. The summed E-state index contributed by atoms with van der Waals surface area (Å²) in [5.74, 6) is 1.20. The molecule has 1 aliphatic rings. The summed E-state index contributed by atoms with van der Waals surface area (Å²) in [5.41, 5.74) is 5.64. The minimum atomic E-state index is 0.182. The van der Waals surface area contributed by atoms with Crippen LogP contribution in [-0.4, -0.2) is 23.7 Å². The lowest BCUT2D eigenvalue weighted by Gasteiger charge is -2.04. The van der Waals surface area contributed by atoms with E-state index in [4.69, 9.17) is 5.73 Å². The van der Waals surface area contributed by atoms with Gasteiger partial charge in [0, 0.05) is 18.5 Å². The van der Waals surface area contributed by atoms with E-state index in [1.54, 1.807) is 0 Å². The van der Waals surface area contributed by atoms with Gasteiger partial charge in [-0.2, -0.15) is 12.6 Å². The van der Waals surface area contributed by atoms with Crippen molar-refractivity contribution in [3.63, 3.8) is 0 Å². The highest BCUT2D eigenvalue weighted by atomic mass is 32.1. The summed E-state index contributed by atoms with van der Waals surface area (Å²) < 4.78 is 0. The van der Waals surface area contributed by atoms with Gasteiger partial charge >= 0.3 is 0 Å². The molecule has 2 atom stereocenters. The van der Waals surface area contributed by atoms with Crippen LogP contribution < -0.4 is 11.1 Å². The van der Waals surface area contributed by atoms with Gasteiger partial charge in [-0.25, -0.2) is 0 Å². The highest BCUT2D eigenvalue weighted by Crippen LogP contribution is 2.18. The predicted molar refractivity (Wildman–Crippen MR) is 79.9 cm³/mol. The maximum atomic E-state index is 11.5. The van der Waals surface area contributed by atoms with Gasteiger partial charge in [0.05, 0.1) is 0 Å². The minimum absolute atomic E-state index is 0.182. The first-order chi connectivity index (χ1) is 8.74. The monoisotopic (exact) mass is 272 g/mol. The predicted octanol–water partition coefficient (Wildman–Crippen LogP) is 2.64. The molecule has 0 aliphatic heterocycles. The summed E-state index contributed by atoms with van der Waals surface area (Å²) in [4.78, 5) is 11.5. The highest BCUT2D eigenvalue weighted by molar-refractivity contribution is 7.80. The summed E-state index contributed by atoms with van der Waals surface area (Å²) in [6.07, 6.45) is 11.6. The standard InChI is InChI=1S/C14H28N2OS/c15-12-11-13(12)16-14(17)9-7-5-3-1-2-4-6-8-10-18/h12-13,18H,1-11,15H2,(H,16,17)/t12-,13?/m1/s1. The van der Waals surface area contributed by atoms with Crippen LogP contribution in [0.3, 0.4) is 0 Å². The Hall–Kier alpha value is -0.220. The summed E-state index contributed by atoms with van der Waals surface area (Å²) >= 11 is 4.20. The molecule has 0 radical (unpaired) electrons. The molecular formula is C14H28N2OS. The van der Waals surface area contributed by atoms with Crippen molar-refractivity contribution >= 4 is 18.5 Å². The van der Waals surface area contributed by atoms with Gasteiger partial charge in [0.25, 0.3) is 0 Å². The van der Waals surface area contributed by atoms with Crippen molar-refractivity contribution in [1.82, 2.24) is 5.32 Å². The topological polar surface area (TPSA) is 55.1 Å². The van der Waals surface area contributed by atoms with Gasteiger partial charge in [0.2, 0.25) is 5.91 Å². The molecule has 18 heavy (non-hydrogen) atoms. The van der Waals surface area contributed by atoms with Gasteiger partial charge in [0.15, 0.2) is 0 Å². The third-order valence-corrected chi connectivity index (χ3v) is 3.81. The van der Waals surface area contributed by atoms with Gasteiger partial charge < -0.3 is 11.1 Å². The van der Waals surface area contributed by atoms with Crippen LogP contribution in [0.5, 0.6) is 0 Å². The molecule has 0 saturated heterocycles. The third kappa shape index (κ3) is 7.98. The van der Waals surface area contributed by atoms with E-state index in [9.17, 15) is 4.79 Å². The zero-order chi connectivity index (χ0) is 13.2.